The van der Waals surface area contributed by atoms with Crippen LogP contribution in [0.1, 0.15) is 11.1 Å². The molecule has 0 aliphatic carbocycles. The van der Waals surface area contributed by atoms with Crippen molar-refractivity contribution in [2.45, 2.75) is 13.5 Å². The molecule has 34 heavy (non-hydrogen) atoms. The minimum atomic E-state index is -0.149. The second kappa shape index (κ2) is 11.2. The van der Waals surface area contributed by atoms with Crippen LogP contribution in [0.25, 0.3) is 10.9 Å². The van der Waals surface area contributed by atoms with E-state index in [0.717, 1.165) is 55.0 Å². The Labute approximate surface area is 209 Å². The van der Waals surface area contributed by atoms with E-state index in [0.29, 0.717) is 34.5 Å². The highest BCUT2D eigenvalue weighted by Gasteiger charge is 2.18. The second-order valence-corrected chi connectivity index (χ2v) is 9.11. The van der Waals surface area contributed by atoms with Crippen LogP contribution >= 0.6 is 23.8 Å². The van der Waals surface area contributed by atoms with E-state index in [1.54, 1.807) is 13.2 Å². The Balaban J connectivity index is 1.59. The number of methoxy groups -OCH3 is 1. The molecule has 1 aliphatic heterocycles. The minimum Gasteiger partial charge on any atom is -0.495 e. The van der Waals surface area contributed by atoms with Crippen LogP contribution in [0.2, 0.25) is 5.02 Å². The number of aryl methyl sites for hydroxylation is 1. The maximum atomic E-state index is 12.9. The van der Waals surface area contributed by atoms with E-state index in [4.69, 9.17) is 33.3 Å². The van der Waals surface area contributed by atoms with Gasteiger partial charge in [-0.1, -0.05) is 23.7 Å². The third-order valence-electron chi connectivity index (χ3n) is 5.99. The summed E-state index contributed by atoms with van der Waals surface area (Å²) < 4.78 is 10.9. The van der Waals surface area contributed by atoms with E-state index in [1.807, 2.05) is 48.2 Å². The van der Waals surface area contributed by atoms with E-state index in [2.05, 4.69) is 15.2 Å². The zero-order valence-electron chi connectivity index (χ0n) is 19.4. The molecule has 0 amide bonds. The monoisotopic (exact) mass is 500 g/mol. The number of benzene rings is 2. The van der Waals surface area contributed by atoms with Crippen LogP contribution in [0.5, 0.6) is 5.75 Å². The molecule has 3 aromatic rings. The second-order valence-electron chi connectivity index (χ2n) is 8.32. The number of hydrogen-bond acceptors (Lipinski definition) is 5. The average molecular weight is 501 g/mol. The maximum Gasteiger partial charge on any atom is 0.253 e. The lowest BCUT2D eigenvalue weighted by atomic mass is 10.1. The highest BCUT2D eigenvalue weighted by molar-refractivity contribution is 7.80. The van der Waals surface area contributed by atoms with Gasteiger partial charge in [0.1, 0.15) is 5.75 Å². The molecule has 0 bridgehead atoms. The van der Waals surface area contributed by atoms with Gasteiger partial charge in [0.2, 0.25) is 0 Å². The van der Waals surface area contributed by atoms with Crippen LogP contribution in [0.4, 0.5) is 5.69 Å². The molecule has 4 rings (SSSR count). The molecule has 180 valence electrons. The van der Waals surface area contributed by atoms with Gasteiger partial charge in [0.25, 0.3) is 5.56 Å². The van der Waals surface area contributed by atoms with Crippen molar-refractivity contribution in [2.75, 3.05) is 51.8 Å². The van der Waals surface area contributed by atoms with Gasteiger partial charge in [0.05, 0.1) is 32.6 Å². The van der Waals surface area contributed by atoms with Crippen LogP contribution in [0.3, 0.4) is 0 Å². The molecule has 2 N–H and O–H groups in total. The number of thiocarbonyl (C=S) groups is 1. The van der Waals surface area contributed by atoms with E-state index in [9.17, 15) is 4.79 Å². The maximum absolute atomic E-state index is 12.9. The number of aromatic amines is 1. The summed E-state index contributed by atoms with van der Waals surface area (Å²) in [6.07, 6.45) is 0. The summed E-state index contributed by atoms with van der Waals surface area (Å²) in [5.41, 5.74) is 2.96. The number of pyridine rings is 1. The Hall–Kier alpha value is -2.65. The van der Waals surface area contributed by atoms with Gasteiger partial charge in [-0.3, -0.25) is 9.69 Å². The van der Waals surface area contributed by atoms with E-state index < -0.39 is 0 Å². The molecule has 0 radical (unpaired) electrons. The number of ether oxygens (including phenoxy) is 2. The molecular weight excluding hydrogens is 472 g/mol. The molecule has 1 fully saturated rings. The largest absolute Gasteiger partial charge is 0.495 e. The molecule has 1 aromatic heterocycles. The number of nitrogens with zero attached hydrogens (tertiary/aromatic N) is 2. The number of morpholine rings is 1. The van der Waals surface area contributed by atoms with E-state index >= 15 is 0 Å². The quantitative estimate of drug-likeness (QED) is 0.475. The normalized spacial score (nSPS) is 14.2. The highest BCUT2D eigenvalue weighted by Crippen LogP contribution is 2.24. The summed E-state index contributed by atoms with van der Waals surface area (Å²) in [6, 6.07) is 13.3. The molecule has 0 spiro atoms. The smallest absolute Gasteiger partial charge is 0.253 e. The van der Waals surface area contributed by atoms with Crippen molar-refractivity contribution in [3.63, 3.8) is 0 Å². The van der Waals surface area contributed by atoms with Gasteiger partial charge >= 0.3 is 0 Å². The van der Waals surface area contributed by atoms with E-state index in [-0.39, 0.29) is 5.56 Å². The average Bonchev–Trinajstić information content (AvgIpc) is 2.84. The molecule has 1 aliphatic rings. The first kappa shape index (κ1) is 24.5. The first-order valence-electron chi connectivity index (χ1n) is 11.3. The summed E-state index contributed by atoms with van der Waals surface area (Å²) in [7, 11) is 1.63. The number of aromatic nitrogens is 1. The number of halogens is 1. The topological polar surface area (TPSA) is 69.8 Å². The van der Waals surface area contributed by atoms with Crippen molar-refractivity contribution < 1.29 is 9.47 Å². The van der Waals surface area contributed by atoms with Crippen LogP contribution in [-0.4, -0.2) is 66.4 Å². The molecule has 1 saturated heterocycles. The molecule has 2 heterocycles. The molecule has 2 aromatic carbocycles. The zero-order chi connectivity index (χ0) is 24.1. The predicted octanol–water partition coefficient (Wildman–Crippen LogP) is 4.03. The van der Waals surface area contributed by atoms with Crippen molar-refractivity contribution >= 4 is 45.5 Å². The lowest BCUT2D eigenvalue weighted by molar-refractivity contribution is 0.0358. The van der Waals surface area contributed by atoms with Gasteiger partial charge in [-0.05, 0) is 60.4 Å². The number of hydrogen-bond donors (Lipinski definition) is 2. The Bertz CT molecular complexity index is 1230. The number of nitrogens with one attached hydrogen (secondary N) is 2. The van der Waals surface area contributed by atoms with Crippen LogP contribution in [-0.2, 0) is 11.3 Å². The van der Waals surface area contributed by atoms with Crippen molar-refractivity contribution in [3.8, 4) is 5.75 Å². The molecule has 7 nitrogen and oxygen atoms in total. The molecule has 9 heteroatoms. The Morgan fingerprint density at radius 2 is 2.03 bits per heavy atom. The summed E-state index contributed by atoms with van der Waals surface area (Å²) in [6.45, 7) is 7.04. The van der Waals surface area contributed by atoms with Gasteiger partial charge in [-0.15, -0.1) is 0 Å². The molecule has 0 unspecified atom stereocenters. The van der Waals surface area contributed by atoms with Crippen molar-refractivity contribution in [1.82, 2.24) is 14.8 Å². The first-order chi connectivity index (χ1) is 16.4. The van der Waals surface area contributed by atoms with Crippen molar-refractivity contribution in [2.24, 2.45) is 0 Å². The van der Waals surface area contributed by atoms with Crippen LogP contribution in [0, 0.1) is 6.92 Å². The van der Waals surface area contributed by atoms with Crippen molar-refractivity contribution in [3.05, 3.63) is 69.0 Å². The van der Waals surface area contributed by atoms with Crippen LogP contribution in [0.15, 0.2) is 47.3 Å². The van der Waals surface area contributed by atoms with Gasteiger partial charge < -0.3 is 24.7 Å². The van der Waals surface area contributed by atoms with Gasteiger partial charge in [-0.2, -0.15) is 0 Å². The number of anilines is 1. The first-order valence-corrected chi connectivity index (χ1v) is 12.0. The Kier molecular flexibility index (Phi) is 8.05. The third-order valence-corrected chi connectivity index (χ3v) is 6.75. The Morgan fingerprint density at radius 3 is 2.79 bits per heavy atom. The molecule has 0 saturated carbocycles. The molecular formula is C25H29ClN4O3S. The third kappa shape index (κ3) is 5.88. The summed E-state index contributed by atoms with van der Waals surface area (Å²) in [5, 5.41) is 5.40. The van der Waals surface area contributed by atoms with Gasteiger partial charge in [-0.25, -0.2) is 0 Å². The van der Waals surface area contributed by atoms with E-state index in [1.165, 1.54) is 0 Å². The van der Waals surface area contributed by atoms with Crippen LogP contribution < -0.4 is 15.6 Å². The van der Waals surface area contributed by atoms with Crippen molar-refractivity contribution in [1.29, 1.82) is 0 Å². The zero-order valence-corrected chi connectivity index (χ0v) is 21.0. The number of rotatable bonds is 7. The number of para-hydroxylation sites is 2. The van der Waals surface area contributed by atoms with Gasteiger partial charge in [0.15, 0.2) is 5.11 Å². The van der Waals surface area contributed by atoms with Gasteiger partial charge in [0, 0.05) is 42.3 Å². The summed E-state index contributed by atoms with van der Waals surface area (Å²) >= 11 is 12.0. The number of H-pyrrole nitrogens is 1. The lowest BCUT2D eigenvalue weighted by Crippen LogP contribution is -2.44. The summed E-state index contributed by atoms with van der Waals surface area (Å²) in [5.74, 6) is 0.703. The Morgan fingerprint density at radius 1 is 1.26 bits per heavy atom. The standard InChI is InChI=1S/C25H29ClN4O3S/c1-17-13-18-14-19(24(31)27-22(18)15-20(17)26)16-30(8-7-29-9-11-33-12-10-29)25(34)28-21-5-3-4-6-23(21)32-2/h3-6,13-15H,7-12,16H2,1-2H3,(H,27,31)(H,28,34). The fourth-order valence-electron chi connectivity index (χ4n) is 3.99. The highest BCUT2D eigenvalue weighted by atomic mass is 35.5. The molecule has 0 atom stereocenters. The predicted molar refractivity (Wildman–Crippen MR) is 141 cm³/mol. The minimum absolute atomic E-state index is 0.149. The summed E-state index contributed by atoms with van der Waals surface area (Å²) in [4.78, 5) is 20.3. The SMILES string of the molecule is COc1ccccc1NC(=S)N(CCN1CCOCC1)Cc1cc2cc(C)c(Cl)cc2[nH]c1=O. The lowest BCUT2D eigenvalue weighted by Gasteiger charge is -2.31. The fourth-order valence-corrected chi connectivity index (χ4v) is 4.42. The fraction of sp³-hybridized carbons (Fsp3) is 0.360. The number of fused-ring (bicyclic) bond motifs is 1.